The Hall–Kier alpha value is -3.71. The molecule has 0 heterocycles. The molecule has 1 rings (SSSR count). The Morgan fingerprint density at radius 2 is 1.56 bits per heavy atom. The van der Waals surface area contributed by atoms with Crippen molar-refractivity contribution in [2.75, 3.05) is 5.43 Å². The van der Waals surface area contributed by atoms with Crippen molar-refractivity contribution in [2.24, 2.45) is 0 Å². The maximum absolute atomic E-state index is 12.7. The number of amides is 1. The molecule has 0 aliphatic heterocycles. The summed E-state index contributed by atoms with van der Waals surface area (Å²) in [5.74, 6) is -2.67. The molecule has 0 aromatic heterocycles. The number of benzene rings is 1. The van der Waals surface area contributed by atoms with E-state index in [4.69, 9.17) is 5.11 Å². The molecule has 0 saturated carbocycles. The first-order chi connectivity index (χ1) is 11.4. The molecular formula is C11H7F3N4O7. The van der Waals surface area contributed by atoms with Crippen LogP contribution in [-0.4, -0.2) is 26.8 Å². The third-order valence-corrected chi connectivity index (χ3v) is 2.51. The SMILES string of the molecule is O=C(O)/C=C/C(=O)NNc1c([N+](=O)[O-])cc(C(F)(F)F)cc1[N+](=O)[O-]. The smallest absolute Gasteiger partial charge is 0.416 e. The Morgan fingerprint density at radius 3 is 1.92 bits per heavy atom. The van der Waals surface area contributed by atoms with E-state index < -0.39 is 50.5 Å². The number of rotatable bonds is 6. The second-order valence-corrected chi connectivity index (χ2v) is 4.19. The molecule has 11 nitrogen and oxygen atoms in total. The van der Waals surface area contributed by atoms with Crippen molar-refractivity contribution >= 4 is 28.9 Å². The molecule has 0 atom stereocenters. The van der Waals surface area contributed by atoms with Crippen LogP contribution < -0.4 is 10.9 Å². The van der Waals surface area contributed by atoms with Gasteiger partial charge in [-0.05, 0) is 0 Å². The highest BCUT2D eigenvalue weighted by Gasteiger charge is 2.37. The lowest BCUT2D eigenvalue weighted by molar-refractivity contribution is -0.392. The largest absolute Gasteiger partial charge is 0.478 e. The Labute approximate surface area is 135 Å². The van der Waals surface area contributed by atoms with Crippen molar-refractivity contribution in [3.8, 4) is 0 Å². The minimum atomic E-state index is -5.08. The molecule has 25 heavy (non-hydrogen) atoms. The van der Waals surface area contributed by atoms with Gasteiger partial charge in [0.25, 0.3) is 5.91 Å². The summed E-state index contributed by atoms with van der Waals surface area (Å²) in [6, 6.07) is 0.100. The highest BCUT2D eigenvalue weighted by molar-refractivity contribution is 5.94. The first-order valence-corrected chi connectivity index (χ1v) is 5.94. The van der Waals surface area contributed by atoms with Gasteiger partial charge in [0.15, 0.2) is 0 Å². The van der Waals surface area contributed by atoms with Crippen LogP contribution in [0.3, 0.4) is 0 Å². The standard InChI is InChI=1S/C11H7F3N4O7/c12-11(13,14)5-3-6(17(22)23)10(7(4-5)18(24)25)16-15-8(19)1-2-9(20)21/h1-4,16H,(H,15,19)(H,20,21)/b2-1+. The summed E-state index contributed by atoms with van der Waals surface area (Å²) in [5, 5.41) is 30.1. The normalized spacial score (nSPS) is 11.2. The lowest BCUT2D eigenvalue weighted by Gasteiger charge is -2.11. The van der Waals surface area contributed by atoms with E-state index in [0.29, 0.717) is 12.2 Å². The average Bonchev–Trinajstić information content (AvgIpc) is 2.48. The third-order valence-electron chi connectivity index (χ3n) is 2.51. The van der Waals surface area contributed by atoms with Gasteiger partial charge >= 0.3 is 23.5 Å². The molecule has 134 valence electrons. The molecule has 1 amide bonds. The Bertz CT molecular complexity index is 740. The van der Waals surface area contributed by atoms with Gasteiger partial charge in [-0.1, -0.05) is 0 Å². The molecule has 0 saturated heterocycles. The zero-order valence-corrected chi connectivity index (χ0v) is 11.7. The van der Waals surface area contributed by atoms with Crippen molar-refractivity contribution in [1.29, 1.82) is 0 Å². The van der Waals surface area contributed by atoms with Gasteiger partial charge in [0.2, 0.25) is 5.69 Å². The number of hydrogen-bond donors (Lipinski definition) is 3. The summed E-state index contributed by atoms with van der Waals surface area (Å²) in [4.78, 5) is 40.7. The van der Waals surface area contributed by atoms with Crippen LogP contribution in [0.1, 0.15) is 5.56 Å². The monoisotopic (exact) mass is 364 g/mol. The number of carbonyl (C=O) groups excluding carboxylic acids is 1. The van der Waals surface area contributed by atoms with E-state index in [0.717, 1.165) is 0 Å². The summed E-state index contributed by atoms with van der Waals surface area (Å²) in [7, 11) is 0. The van der Waals surface area contributed by atoms with Gasteiger partial charge in [-0.25, -0.2) is 4.79 Å². The van der Waals surface area contributed by atoms with E-state index in [1.807, 2.05) is 0 Å². The predicted octanol–water partition coefficient (Wildman–Crippen LogP) is 1.61. The van der Waals surface area contributed by atoms with Crippen molar-refractivity contribution in [2.45, 2.75) is 6.18 Å². The number of aliphatic carboxylic acids is 1. The number of nitro groups is 2. The number of anilines is 1. The molecule has 0 spiro atoms. The molecule has 3 N–H and O–H groups in total. The molecule has 1 aromatic carbocycles. The molecule has 0 aliphatic carbocycles. The van der Waals surface area contributed by atoms with E-state index in [1.165, 1.54) is 0 Å². The first kappa shape index (κ1) is 19.3. The van der Waals surface area contributed by atoms with Crippen LogP contribution in [0.5, 0.6) is 0 Å². The molecular weight excluding hydrogens is 357 g/mol. The van der Waals surface area contributed by atoms with Gasteiger partial charge in [0, 0.05) is 24.3 Å². The van der Waals surface area contributed by atoms with Crippen LogP contribution in [-0.2, 0) is 15.8 Å². The zero-order valence-electron chi connectivity index (χ0n) is 11.7. The van der Waals surface area contributed by atoms with Crippen LogP contribution in [0.15, 0.2) is 24.3 Å². The van der Waals surface area contributed by atoms with Gasteiger partial charge in [-0.15, -0.1) is 0 Å². The van der Waals surface area contributed by atoms with E-state index in [1.54, 1.807) is 10.9 Å². The van der Waals surface area contributed by atoms with Gasteiger partial charge in [0.05, 0.1) is 15.4 Å². The van der Waals surface area contributed by atoms with Gasteiger partial charge in [0.1, 0.15) is 0 Å². The second kappa shape index (κ2) is 7.24. The topological polar surface area (TPSA) is 165 Å². The summed E-state index contributed by atoms with van der Waals surface area (Å²) in [6.45, 7) is 0. The fraction of sp³-hybridized carbons (Fsp3) is 0.0909. The Kier molecular flexibility index (Phi) is 5.60. The van der Waals surface area contributed by atoms with Crippen LogP contribution in [0.25, 0.3) is 0 Å². The van der Waals surface area contributed by atoms with E-state index in [9.17, 15) is 43.0 Å². The molecule has 1 aromatic rings. The average molecular weight is 364 g/mol. The Balaban J connectivity index is 3.33. The van der Waals surface area contributed by atoms with Crippen molar-refractivity contribution < 1.29 is 37.7 Å². The highest BCUT2D eigenvalue weighted by Crippen LogP contribution is 2.40. The lowest BCUT2D eigenvalue weighted by Crippen LogP contribution is -2.28. The molecule has 0 aliphatic rings. The number of carbonyl (C=O) groups is 2. The molecule has 0 fully saturated rings. The van der Waals surface area contributed by atoms with Crippen molar-refractivity contribution in [3.63, 3.8) is 0 Å². The number of carboxylic acid groups (broad SMARTS) is 1. The van der Waals surface area contributed by atoms with Crippen molar-refractivity contribution in [1.82, 2.24) is 5.43 Å². The van der Waals surface area contributed by atoms with Gasteiger partial charge < -0.3 is 5.11 Å². The predicted molar refractivity (Wildman–Crippen MR) is 73.3 cm³/mol. The first-order valence-electron chi connectivity index (χ1n) is 5.94. The molecule has 14 heteroatoms. The number of halogens is 3. The molecule has 0 unspecified atom stereocenters. The Morgan fingerprint density at radius 1 is 1.08 bits per heavy atom. The summed E-state index contributed by atoms with van der Waals surface area (Å²) >= 11 is 0. The van der Waals surface area contributed by atoms with Crippen LogP contribution in [0.2, 0.25) is 0 Å². The van der Waals surface area contributed by atoms with Crippen molar-refractivity contribution in [3.05, 3.63) is 50.1 Å². The molecule has 0 radical (unpaired) electrons. The molecule has 0 bridgehead atoms. The number of nitro benzene ring substituents is 2. The van der Waals surface area contributed by atoms with E-state index >= 15 is 0 Å². The fourth-order valence-corrected chi connectivity index (χ4v) is 1.50. The van der Waals surface area contributed by atoms with Crippen LogP contribution in [0.4, 0.5) is 30.2 Å². The number of alkyl halides is 3. The maximum atomic E-state index is 12.7. The minimum Gasteiger partial charge on any atom is -0.478 e. The summed E-state index contributed by atoms with van der Waals surface area (Å²) < 4.78 is 38.1. The second-order valence-electron chi connectivity index (χ2n) is 4.19. The minimum absolute atomic E-state index is 0.0502. The number of nitrogens with zero attached hydrogens (tertiary/aromatic N) is 2. The fourth-order valence-electron chi connectivity index (χ4n) is 1.50. The quantitative estimate of drug-likeness (QED) is 0.389. The highest BCUT2D eigenvalue weighted by atomic mass is 19.4. The zero-order chi connectivity index (χ0) is 19.4. The number of nitrogens with one attached hydrogen (secondary N) is 2. The third kappa shape index (κ3) is 5.15. The number of hydrogen-bond acceptors (Lipinski definition) is 7. The summed E-state index contributed by atoms with van der Waals surface area (Å²) in [6.07, 6.45) is -4.22. The number of hydrazine groups is 1. The van der Waals surface area contributed by atoms with E-state index in [2.05, 4.69) is 0 Å². The lowest BCUT2D eigenvalue weighted by atomic mass is 10.1. The number of carboxylic acids is 1. The van der Waals surface area contributed by atoms with Crippen LogP contribution in [0, 0.1) is 20.2 Å². The van der Waals surface area contributed by atoms with E-state index in [-0.39, 0.29) is 12.1 Å². The van der Waals surface area contributed by atoms with Gasteiger partial charge in [-0.2, -0.15) is 13.2 Å². The van der Waals surface area contributed by atoms with Gasteiger partial charge in [-0.3, -0.25) is 35.9 Å². The summed E-state index contributed by atoms with van der Waals surface area (Å²) in [5.41, 5.74) is -1.85. The van der Waals surface area contributed by atoms with Crippen LogP contribution >= 0.6 is 0 Å². The maximum Gasteiger partial charge on any atom is 0.416 e.